The van der Waals surface area contributed by atoms with Crippen molar-refractivity contribution in [1.82, 2.24) is 14.5 Å². The summed E-state index contributed by atoms with van der Waals surface area (Å²) >= 11 is 3.05. The van der Waals surface area contributed by atoms with Crippen LogP contribution in [-0.4, -0.2) is 60.8 Å². The molecule has 0 aliphatic heterocycles. The first-order valence-corrected chi connectivity index (χ1v) is 11.4. The summed E-state index contributed by atoms with van der Waals surface area (Å²) in [5.41, 5.74) is 1.31. The maximum Gasteiger partial charge on any atom is 0.263 e. The SMILES string of the molecule is CN(C)C(=O)CSc1nc2sc3c(c2c(=O)n1CCC[NH+](C)C)CCCC3. The van der Waals surface area contributed by atoms with E-state index in [1.807, 2.05) is 0 Å². The third-order valence-corrected chi connectivity index (χ3v) is 7.07. The summed E-state index contributed by atoms with van der Waals surface area (Å²) in [4.78, 5) is 35.3. The van der Waals surface area contributed by atoms with Gasteiger partial charge in [0.15, 0.2) is 5.16 Å². The second kappa shape index (κ2) is 8.75. The molecule has 1 aliphatic carbocycles. The number of carbonyl (C=O) groups excluding carboxylic acids is 1. The Labute approximate surface area is 168 Å². The van der Waals surface area contributed by atoms with Gasteiger partial charge >= 0.3 is 0 Å². The number of hydrogen-bond acceptors (Lipinski definition) is 5. The normalized spacial score (nSPS) is 14.0. The molecular formula is C19H29N4O2S2+. The average Bonchev–Trinajstić information content (AvgIpc) is 2.99. The predicted molar refractivity (Wildman–Crippen MR) is 112 cm³/mol. The molecule has 0 fully saturated rings. The number of nitrogens with one attached hydrogen (secondary N) is 1. The Morgan fingerprint density at radius 3 is 2.74 bits per heavy atom. The van der Waals surface area contributed by atoms with Crippen molar-refractivity contribution in [2.24, 2.45) is 0 Å². The van der Waals surface area contributed by atoms with Crippen LogP contribution >= 0.6 is 23.1 Å². The first-order chi connectivity index (χ1) is 12.9. The number of rotatable bonds is 7. The molecule has 3 rings (SSSR count). The molecule has 148 valence electrons. The number of thiophene rings is 1. The van der Waals surface area contributed by atoms with Gasteiger partial charge in [-0.3, -0.25) is 14.2 Å². The van der Waals surface area contributed by atoms with Gasteiger partial charge in [0.05, 0.1) is 31.8 Å². The summed E-state index contributed by atoms with van der Waals surface area (Å²) in [7, 11) is 7.73. The van der Waals surface area contributed by atoms with E-state index in [1.165, 1.54) is 33.5 Å². The zero-order valence-corrected chi connectivity index (χ0v) is 18.3. The summed E-state index contributed by atoms with van der Waals surface area (Å²) in [6.07, 6.45) is 5.30. The van der Waals surface area contributed by atoms with E-state index in [0.29, 0.717) is 17.5 Å². The number of fused-ring (bicyclic) bond motifs is 3. The molecule has 0 saturated carbocycles. The van der Waals surface area contributed by atoms with Crippen LogP contribution in [0.15, 0.2) is 9.95 Å². The van der Waals surface area contributed by atoms with Crippen LogP contribution in [0.25, 0.3) is 10.2 Å². The van der Waals surface area contributed by atoms with Crippen LogP contribution in [-0.2, 0) is 24.2 Å². The van der Waals surface area contributed by atoms with Crippen LogP contribution in [0.4, 0.5) is 0 Å². The highest BCUT2D eigenvalue weighted by Crippen LogP contribution is 2.34. The molecule has 6 nitrogen and oxygen atoms in total. The van der Waals surface area contributed by atoms with Gasteiger partial charge < -0.3 is 9.80 Å². The van der Waals surface area contributed by atoms with E-state index < -0.39 is 0 Å². The van der Waals surface area contributed by atoms with Crippen molar-refractivity contribution in [1.29, 1.82) is 0 Å². The van der Waals surface area contributed by atoms with Gasteiger partial charge in [-0.25, -0.2) is 4.98 Å². The van der Waals surface area contributed by atoms with Crippen molar-refractivity contribution in [2.75, 3.05) is 40.5 Å². The van der Waals surface area contributed by atoms with Crippen LogP contribution < -0.4 is 10.5 Å². The first-order valence-electron chi connectivity index (χ1n) is 9.55. The van der Waals surface area contributed by atoms with Crippen LogP contribution in [0.3, 0.4) is 0 Å². The second-order valence-electron chi connectivity index (χ2n) is 7.63. The molecule has 0 unspecified atom stereocenters. The minimum absolute atomic E-state index is 0.0316. The summed E-state index contributed by atoms with van der Waals surface area (Å²) in [6, 6.07) is 0. The number of hydrogen-bond donors (Lipinski definition) is 1. The van der Waals surface area contributed by atoms with E-state index in [1.54, 1.807) is 34.9 Å². The largest absolute Gasteiger partial charge is 0.348 e. The van der Waals surface area contributed by atoms with Gasteiger partial charge in [0.2, 0.25) is 5.91 Å². The number of amides is 1. The highest BCUT2D eigenvalue weighted by atomic mass is 32.2. The minimum atomic E-state index is 0.0316. The Hall–Kier alpha value is -1.38. The lowest BCUT2D eigenvalue weighted by atomic mass is 9.97. The highest BCUT2D eigenvalue weighted by molar-refractivity contribution is 7.99. The van der Waals surface area contributed by atoms with Crippen LogP contribution in [0.1, 0.15) is 29.7 Å². The zero-order valence-electron chi connectivity index (χ0n) is 16.6. The summed E-state index contributed by atoms with van der Waals surface area (Å²) in [5.74, 6) is 0.332. The Bertz CT molecular complexity index is 886. The zero-order chi connectivity index (χ0) is 19.6. The summed E-state index contributed by atoms with van der Waals surface area (Å²) in [5, 5.41) is 1.50. The van der Waals surface area contributed by atoms with Crippen molar-refractivity contribution in [3.8, 4) is 0 Å². The molecule has 0 bridgehead atoms. The molecule has 0 atom stereocenters. The molecule has 1 amide bonds. The average molecular weight is 410 g/mol. The molecular weight excluding hydrogens is 380 g/mol. The van der Waals surface area contributed by atoms with Gasteiger partial charge in [-0.1, -0.05) is 11.8 Å². The Balaban J connectivity index is 1.99. The number of aromatic nitrogens is 2. The maximum atomic E-state index is 13.4. The van der Waals surface area contributed by atoms with Crippen LogP contribution in [0.5, 0.6) is 0 Å². The Morgan fingerprint density at radius 1 is 1.30 bits per heavy atom. The van der Waals surface area contributed by atoms with Crippen LogP contribution in [0, 0.1) is 0 Å². The molecule has 1 aliphatic rings. The highest BCUT2D eigenvalue weighted by Gasteiger charge is 2.22. The van der Waals surface area contributed by atoms with Crippen LogP contribution in [0.2, 0.25) is 0 Å². The van der Waals surface area contributed by atoms with E-state index in [4.69, 9.17) is 4.98 Å². The lowest BCUT2D eigenvalue weighted by Gasteiger charge is -2.15. The van der Waals surface area contributed by atoms with Crippen molar-refractivity contribution >= 4 is 39.2 Å². The summed E-state index contributed by atoms with van der Waals surface area (Å²) in [6.45, 7) is 1.64. The van der Waals surface area contributed by atoms with Gasteiger partial charge in [-0.05, 0) is 31.2 Å². The third-order valence-electron chi connectivity index (χ3n) is 4.92. The van der Waals surface area contributed by atoms with Crippen molar-refractivity contribution in [3.63, 3.8) is 0 Å². The third kappa shape index (κ3) is 4.55. The molecule has 27 heavy (non-hydrogen) atoms. The fourth-order valence-corrected chi connectivity index (χ4v) is 5.68. The van der Waals surface area contributed by atoms with Gasteiger partial charge in [-0.15, -0.1) is 11.3 Å². The predicted octanol–water partition coefficient (Wildman–Crippen LogP) is 1.05. The van der Waals surface area contributed by atoms with E-state index in [9.17, 15) is 9.59 Å². The fourth-order valence-electron chi connectivity index (χ4n) is 3.37. The topological polar surface area (TPSA) is 59.6 Å². The fraction of sp³-hybridized carbons (Fsp3) is 0.632. The second-order valence-corrected chi connectivity index (χ2v) is 9.66. The van der Waals surface area contributed by atoms with Gasteiger partial charge in [-0.2, -0.15) is 0 Å². The maximum absolute atomic E-state index is 13.4. The molecule has 2 aromatic rings. The summed E-state index contributed by atoms with van der Waals surface area (Å²) < 4.78 is 1.81. The van der Waals surface area contributed by atoms with Gasteiger partial charge in [0, 0.05) is 31.9 Å². The molecule has 0 radical (unpaired) electrons. The smallest absolute Gasteiger partial charge is 0.263 e. The van der Waals surface area contributed by atoms with Crippen molar-refractivity contribution < 1.29 is 9.69 Å². The standard InChI is InChI=1S/C19H28N4O2S2/c1-21(2)10-7-11-23-18(25)16-13-8-5-6-9-14(13)27-17(16)20-19(23)26-12-15(24)22(3)4/h5-12H2,1-4H3/p+1. The van der Waals surface area contributed by atoms with E-state index >= 15 is 0 Å². The van der Waals surface area contributed by atoms with E-state index in [2.05, 4.69) is 14.1 Å². The molecule has 0 saturated heterocycles. The monoisotopic (exact) mass is 409 g/mol. The number of nitrogens with zero attached hydrogens (tertiary/aromatic N) is 3. The Morgan fingerprint density at radius 2 is 2.04 bits per heavy atom. The number of thioether (sulfide) groups is 1. The number of quaternary nitrogens is 1. The molecule has 0 aromatic carbocycles. The number of aryl methyl sites for hydroxylation is 2. The van der Waals surface area contributed by atoms with Gasteiger partial charge in [0.25, 0.3) is 5.56 Å². The molecule has 0 spiro atoms. The molecule has 8 heteroatoms. The van der Waals surface area contributed by atoms with Crippen molar-refractivity contribution in [2.45, 2.75) is 43.8 Å². The van der Waals surface area contributed by atoms with E-state index in [0.717, 1.165) is 42.4 Å². The number of carbonyl (C=O) groups is 1. The first kappa shape index (κ1) is 20.4. The van der Waals surface area contributed by atoms with E-state index in [-0.39, 0.29) is 11.5 Å². The lowest BCUT2D eigenvalue weighted by Crippen LogP contribution is -3.05. The lowest BCUT2D eigenvalue weighted by molar-refractivity contribution is -0.858. The minimum Gasteiger partial charge on any atom is -0.348 e. The Kier molecular flexibility index (Phi) is 6.60. The van der Waals surface area contributed by atoms with Gasteiger partial charge in [0.1, 0.15) is 4.83 Å². The molecule has 2 aromatic heterocycles. The van der Waals surface area contributed by atoms with Crippen molar-refractivity contribution in [3.05, 3.63) is 20.8 Å². The molecule has 2 heterocycles. The molecule has 1 N–H and O–H groups in total. The quantitative estimate of drug-likeness (QED) is 0.549.